The Morgan fingerprint density at radius 3 is 2.66 bits per heavy atom. The third-order valence-electron chi connectivity index (χ3n) is 5.04. The third-order valence-corrected chi connectivity index (χ3v) is 5.04. The summed E-state index contributed by atoms with van der Waals surface area (Å²) in [5.41, 5.74) is 0.483. The van der Waals surface area contributed by atoms with Gasteiger partial charge in [0.2, 0.25) is 0 Å². The number of methoxy groups -OCH3 is 1. The summed E-state index contributed by atoms with van der Waals surface area (Å²) < 4.78 is 11.1. The van der Waals surface area contributed by atoms with E-state index in [2.05, 4.69) is 0 Å². The van der Waals surface area contributed by atoms with E-state index in [4.69, 9.17) is 9.47 Å². The minimum atomic E-state index is -0.597. The molecule has 29 heavy (non-hydrogen) atoms. The van der Waals surface area contributed by atoms with Gasteiger partial charge in [0.25, 0.3) is 11.6 Å². The fourth-order valence-corrected chi connectivity index (χ4v) is 3.49. The van der Waals surface area contributed by atoms with Gasteiger partial charge in [-0.25, -0.2) is 0 Å². The molecule has 1 fully saturated rings. The fraction of sp³-hybridized carbons (Fsp3) is 0.381. The summed E-state index contributed by atoms with van der Waals surface area (Å²) >= 11 is 0. The Balaban J connectivity index is 1.93. The van der Waals surface area contributed by atoms with Crippen LogP contribution >= 0.6 is 0 Å². The van der Waals surface area contributed by atoms with Gasteiger partial charge in [-0.05, 0) is 24.8 Å². The monoisotopic (exact) mass is 400 g/mol. The van der Waals surface area contributed by atoms with Gasteiger partial charge in [0, 0.05) is 12.6 Å². The molecule has 0 saturated carbocycles. The predicted molar refractivity (Wildman–Crippen MR) is 106 cm³/mol. The topological polar surface area (TPSA) is 102 Å². The molecule has 1 heterocycles. The molecule has 1 atom stereocenters. The third kappa shape index (κ3) is 4.65. The smallest absolute Gasteiger partial charge is 0.286 e. The number of amides is 1. The van der Waals surface area contributed by atoms with Crippen molar-refractivity contribution in [1.29, 1.82) is 0 Å². The fourth-order valence-electron chi connectivity index (χ4n) is 3.49. The van der Waals surface area contributed by atoms with Gasteiger partial charge in [-0.3, -0.25) is 14.9 Å². The highest BCUT2D eigenvalue weighted by atomic mass is 16.6. The average molecular weight is 400 g/mol. The summed E-state index contributed by atoms with van der Waals surface area (Å²) in [4.78, 5) is 25.7. The molecule has 1 aliphatic heterocycles. The SMILES string of the molecule is COc1cc(C(=O)N2CCCC[C@H]2CO)c([N+](=O)[O-])cc1OCc1ccccc1. The van der Waals surface area contributed by atoms with Gasteiger partial charge in [-0.2, -0.15) is 0 Å². The lowest BCUT2D eigenvalue weighted by Gasteiger charge is -2.34. The van der Waals surface area contributed by atoms with E-state index in [9.17, 15) is 20.0 Å². The average Bonchev–Trinajstić information content (AvgIpc) is 2.77. The van der Waals surface area contributed by atoms with Crippen LogP contribution in [-0.4, -0.2) is 47.1 Å². The molecule has 1 amide bonds. The van der Waals surface area contributed by atoms with Crippen molar-refractivity contribution in [3.63, 3.8) is 0 Å². The van der Waals surface area contributed by atoms with E-state index in [1.165, 1.54) is 24.1 Å². The molecule has 8 nitrogen and oxygen atoms in total. The van der Waals surface area contributed by atoms with Gasteiger partial charge in [-0.1, -0.05) is 30.3 Å². The summed E-state index contributed by atoms with van der Waals surface area (Å²) in [6.07, 6.45) is 2.38. The molecule has 0 unspecified atom stereocenters. The maximum atomic E-state index is 13.1. The standard InChI is InChI=1S/C21H24N2O6/c1-28-19-11-17(21(25)22-10-6-5-9-16(22)13-24)18(23(26)27)12-20(19)29-14-15-7-3-2-4-8-15/h2-4,7-8,11-12,16,24H,5-6,9-10,13-14H2,1H3/t16-/m0/s1. The number of nitrogens with zero attached hydrogens (tertiary/aromatic N) is 2. The number of carbonyl (C=O) groups is 1. The van der Waals surface area contributed by atoms with Gasteiger partial charge in [0.1, 0.15) is 12.2 Å². The van der Waals surface area contributed by atoms with Crippen LogP contribution in [0.1, 0.15) is 35.2 Å². The van der Waals surface area contributed by atoms with Gasteiger partial charge in [0.05, 0.1) is 30.7 Å². The minimum Gasteiger partial charge on any atom is -0.493 e. The molecule has 3 rings (SSSR count). The zero-order valence-corrected chi connectivity index (χ0v) is 16.2. The number of ether oxygens (including phenoxy) is 2. The van der Waals surface area contributed by atoms with Crippen molar-refractivity contribution in [2.24, 2.45) is 0 Å². The molecule has 0 aromatic heterocycles. The lowest BCUT2D eigenvalue weighted by molar-refractivity contribution is -0.385. The summed E-state index contributed by atoms with van der Waals surface area (Å²) in [6.45, 7) is 0.491. The van der Waals surface area contributed by atoms with E-state index in [0.717, 1.165) is 18.4 Å². The van der Waals surface area contributed by atoms with E-state index in [0.29, 0.717) is 13.0 Å². The molecule has 154 valence electrons. The van der Waals surface area contributed by atoms with Crippen LogP contribution in [0.5, 0.6) is 11.5 Å². The van der Waals surface area contributed by atoms with Gasteiger partial charge >= 0.3 is 0 Å². The zero-order valence-electron chi connectivity index (χ0n) is 16.2. The number of nitro benzene ring substituents is 1. The Morgan fingerprint density at radius 1 is 1.24 bits per heavy atom. The Kier molecular flexibility index (Phi) is 6.66. The van der Waals surface area contributed by atoms with E-state index >= 15 is 0 Å². The summed E-state index contributed by atoms with van der Waals surface area (Å²) in [5.74, 6) is -0.0484. The second-order valence-electron chi connectivity index (χ2n) is 6.88. The first-order chi connectivity index (χ1) is 14.0. The van der Waals surface area contributed by atoms with Crippen LogP contribution in [0, 0.1) is 10.1 Å². The van der Waals surface area contributed by atoms with Crippen molar-refractivity contribution in [2.45, 2.75) is 31.9 Å². The van der Waals surface area contributed by atoms with E-state index in [-0.39, 0.29) is 42.0 Å². The molecule has 0 spiro atoms. The highest BCUT2D eigenvalue weighted by Crippen LogP contribution is 2.36. The number of hydrogen-bond donors (Lipinski definition) is 1. The van der Waals surface area contributed by atoms with Crippen LogP contribution in [0.2, 0.25) is 0 Å². The van der Waals surface area contributed by atoms with E-state index in [1.807, 2.05) is 30.3 Å². The lowest BCUT2D eigenvalue weighted by atomic mass is 10.0. The molecule has 0 radical (unpaired) electrons. The van der Waals surface area contributed by atoms with Gasteiger partial charge < -0.3 is 19.5 Å². The lowest BCUT2D eigenvalue weighted by Crippen LogP contribution is -2.45. The molecule has 1 N–H and O–H groups in total. The van der Waals surface area contributed by atoms with Crippen LogP contribution in [0.4, 0.5) is 5.69 Å². The van der Waals surface area contributed by atoms with Crippen LogP contribution in [0.25, 0.3) is 0 Å². The number of benzene rings is 2. The maximum Gasteiger partial charge on any atom is 0.286 e. The summed E-state index contributed by atoms with van der Waals surface area (Å²) in [7, 11) is 1.42. The predicted octanol–water partition coefficient (Wildman–Crippen LogP) is 3.17. The van der Waals surface area contributed by atoms with E-state index in [1.54, 1.807) is 0 Å². The number of aliphatic hydroxyl groups is 1. The Morgan fingerprint density at radius 2 is 2.00 bits per heavy atom. The molecule has 2 aromatic rings. The van der Waals surface area contributed by atoms with Crippen molar-refractivity contribution in [3.8, 4) is 11.5 Å². The molecule has 1 aliphatic rings. The van der Waals surface area contributed by atoms with Crippen LogP contribution in [0.15, 0.2) is 42.5 Å². The van der Waals surface area contributed by atoms with E-state index < -0.39 is 10.8 Å². The maximum absolute atomic E-state index is 13.1. The summed E-state index contributed by atoms with van der Waals surface area (Å²) in [5, 5.41) is 21.3. The minimum absolute atomic E-state index is 0.0701. The van der Waals surface area contributed by atoms with Crippen molar-refractivity contribution >= 4 is 11.6 Å². The molecule has 0 bridgehead atoms. The Hall–Kier alpha value is -3.13. The Labute approximate surface area is 168 Å². The second-order valence-corrected chi connectivity index (χ2v) is 6.88. The Bertz CT molecular complexity index is 871. The molecular weight excluding hydrogens is 376 g/mol. The first-order valence-electron chi connectivity index (χ1n) is 9.50. The second kappa shape index (κ2) is 9.38. The number of rotatable bonds is 7. The van der Waals surface area contributed by atoms with Crippen molar-refractivity contribution in [2.75, 3.05) is 20.3 Å². The number of carbonyl (C=O) groups excluding carboxylic acids is 1. The number of hydrogen-bond acceptors (Lipinski definition) is 6. The first-order valence-corrected chi connectivity index (χ1v) is 9.50. The molecule has 1 saturated heterocycles. The van der Waals surface area contributed by atoms with Gasteiger partial charge in [0.15, 0.2) is 11.5 Å². The largest absolute Gasteiger partial charge is 0.493 e. The normalized spacial score (nSPS) is 16.3. The highest BCUT2D eigenvalue weighted by molar-refractivity contribution is 5.99. The summed E-state index contributed by atoms with van der Waals surface area (Å²) in [6, 6.07) is 11.6. The number of piperidine rings is 1. The van der Waals surface area contributed by atoms with Gasteiger partial charge in [-0.15, -0.1) is 0 Å². The van der Waals surface area contributed by atoms with Crippen LogP contribution in [-0.2, 0) is 6.61 Å². The quantitative estimate of drug-likeness (QED) is 0.566. The van der Waals surface area contributed by atoms with Crippen molar-refractivity contribution < 1.29 is 24.3 Å². The zero-order chi connectivity index (χ0) is 20.8. The molecule has 2 aromatic carbocycles. The molecule has 0 aliphatic carbocycles. The van der Waals surface area contributed by atoms with Crippen LogP contribution < -0.4 is 9.47 Å². The number of aliphatic hydroxyl groups excluding tert-OH is 1. The van der Waals surface area contributed by atoms with Crippen LogP contribution in [0.3, 0.4) is 0 Å². The highest BCUT2D eigenvalue weighted by Gasteiger charge is 2.32. The van der Waals surface area contributed by atoms with Crippen molar-refractivity contribution in [3.05, 3.63) is 63.7 Å². The first kappa shape index (κ1) is 20.6. The molecular formula is C21H24N2O6. The number of likely N-dealkylation sites (tertiary alicyclic amines) is 1. The molecule has 8 heteroatoms. The number of nitro groups is 1. The van der Waals surface area contributed by atoms with Crippen molar-refractivity contribution in [1.82, 2.24) is 4.90 Å².